The first kappa shape index (κ1) is 11.6. The van der Waals surface area contributed by atoms with Crippen LogP contribution in [-0.2, 0) is 0 Å². The monoisotopic (exact) mass is 207 g/mol. The minimum atomic E-state index is -0.889. The largest absolute Gasteiger partial charge is 0.465 e. The highest BCUT2D eigenvalue weighted by molar-refractivity contribution is 5.86. The van der Waals surface area contributed by atoms with Gasteiger partial charge >= 0.3 is 6.09 Å². The van der Waals surface area contributed by atoms with Crippen LogP contribution in [0.5, 0.6) is 0 Å². The lowest BCUT2D eigenvalue weighted by molar-refractivity contribution is 0.202. The lowest BCUT2D eigenvalue weighted by Gasteiger charge is -2.19. The molecule has 1 N–H and O–H groups in total. The van der Waals surface area contributed by atoms with Crippen LogP contribution in [0.15, 0.2) is 18.2 Å². The molecule has 0 saturated heterocycles. The van der Waals surface area contributed by atoms with Crippen molar-refractivity contribution in [1.82, 2.24) is 0 Å². The number of amides is 1. The standard InChI is InChI=1S/C12H17NO2/c1-4-7-13(12(14)15)11-6-5-9(2)10(3)8-11/h5-6,8H,4,7H2,1-3H3,(H,14,15). The number of nitrogens with zero attached hydrogens (tertiary/aromatic N) is 1. The average molecular weight is 207 g/mol. The van der Waals surface area contributed by atoms with Crippen LogP contribution in [0.3, 0.4) is 0 Å². The Balaban J connectivity index is 3.01. The Morgan fingerprint density at radius 3 is 2.47 bits per heavy atom. The molecule has 0 heterocycles. The zero-order valence-electron chi connectivity index (χ0n) is 9.45. The van der Waals surface area contributed by atoms with E-state index in [0.717, 1.165) is 17.7 Å². The van der Waals surface area contributed by atoms with Crippen LogP contribution in [0.2, 0.25) is 0 Å². The molecule has 15 heavy (non-hydrogen) atoms. The summed E-state index contributed by atoms with van der Waals surface area (Å²) in [5, 5.41) is 9.04. The van der Waals surface area contributed by atoms with E-state index in [2.05, 4.69) is 0 Å². The van der Waals surface area contributed by atoms with Crippen molar-refractivity contribution < 1.29 is 9.90 Å². The van der Waals surface area contributed by atoms with E-state index in [-0.39, 0.29) is 0 Å². The molecule has 1 aromatic carbocycles. The van der Waals surface area contributed by atoms with E-state index < -0.39 is 6.09 Å². The number of carbonyl (C=O) groups is 1. The zero-order chi connectivity index (χ0) is 11.4. The van der Waals surface area contributed by atoms with E-state index in [9.17, 15) is 4.79 Å². The van der Waals surface area contributed by atoms with Crippen LogP contribution < -0.4 is 4.90 Å². The van der Waals surface area contributed by atoms with Crippen LogP contribution in [0.1, 0.15) is 24.5 Å². The maximum atomic E-state index is 11.0. The Morgan fingerprint density at radius 2 is 2.00 bits per heavy atom. The van der Waals surface area contributed by atoms with Crippen molar-refractivity contribution in [3.63, 3.8) is 0 Å². The molecule has 0 atom stereocenters. The van der Waals surface area contributed by atoms with Gasteiger partial charge in [-0.25, -0.2) is 4.79 Å². The van der Waals surface area contributed by atoms with Crippen LogP contribution >= 0.6 is 0 Å². The van der Waals surface area contributed by atoms with E-state index in [4.69, 9.17) is 5.11 Å². The lowest BCUT2D eigenvalue weighted by atomic mass is 10.1. The summed E-state index contributed by atoms with van der Waals surface area (Å²) in [6, 6.07) is 5.72. The van der Waals surface area contributed by atoms with Gasteiger partial charge in [0.25, 0.3) is 0 Å². The molecule has 1 rings (SSSR count). The first-order chi connectivity index (χ1) is 7.06. The maximum absolute atomic E-state index is 11.0. The van der Waals surface area contributed by atoms with E-state index in [1.54, 1.807) is 0 Å². The van der Waals surface area contributed by atoms with E-state index in [0.29, 0.717) is 6.54 Å². The Morgan fingerprint density at radius 1 is 1.33 bits per heavy atom. The van der Waals surface area contributed by atoms with Gasteiger partial charge in [-0.05, 0) is 43.5 Å². The van der Waals surface area contributed by atoms with Crippen molar-refractivity contribution in [2.45, 2.75) is 27.2 Å². The highest BCUT2D eigenvalue weighted by Gasteiger charge is 2.13. The Labute approximate surface area is 90.3 Å². The average Bonchev–Trinajstić information content (AvgIpc) is 2.18. The molecule has 0 aromatic heterocycles. The van der Waals surface area contributed by atoms with Crippen LogP contribution in [0.25, 0.3) is 0 Å². The van der Waals surface area contributed by atoms with Gasteiger partial charge < -0.3 is 5.11 Å². The van der Waals surface area contributed by atoms with Gasteiger partial charge in [-0.3, -0.25) is 4.90 Å². The summed E-state index contributed by atoms with van der Waals surface area (Å²) in [4.78, 5) is 12.4. The van der Waals surface area contributed by atoms with Crippen molar-refractivity contribution >= 4 is 11.8 Å². The summed E-state index contributed by atoms with van der Waals surface area (Å²) in [6.07, 6.45) is -0.0701. The second-order valence-corrected chi connectivity index (χ2v) is 3.70. The number of rotatable bonds is 3. The third kappa shape index (κ3) is 2.72. The molecule has 3 nitrogen and oxygen atoms in total. The highest BCUT2D eigenvalue weighted by atomic mass is 16.4. The normalized spacial score (nSPS) is 10.1. The second-order valence-electron chi connectivity index (χ2n) is 3.70. The smallest absolute Gasteiger partial charge is 0.411 e. The number of hydrogen-bond acceptors (Lipinski definition) is 1. The molecular formula is C12H17NO2. The van der Waals surface area contributed by atoms with Gasteiger partial charge in [0, 0.05) is 12.2 Å². The van der Waals surface area contributed by atoms with Crippen molar-refractivity contribution in [2.24, 2.45) is 0 Å². The Hall–Kier alpha value is -1.51. The third-order valence-corrected chi connectivity index (χ3v) is 2.48. The van der Waals surface area contributed by atoms with Crippen molar-refractivity contribution in [3.8, 4) is 0 Å². The summed E-state index contributed by atoms with van der Waals surface area (Å²) in [6.45, 7) is 6.52. The first-order valence-electron chi connectivity index (χ1n) is 5.14. The number of anilines is 1. The van der Waals surface area contributed by atoms with Crippen molar-refractivity contribution in [3.05, 3.63) is 29.3 Å². The van der Waals surface area contributed by atoms with Crippen LogP contribution in [-0.4, -0.2) is 17.7 Å². The molecule has 3 heteroatoms. The topological polar surface area (TPSA) is 40.5 Å². The second kappa shape index (κ2) is 4.82. The Bertz CT molecular complexity index is 361. The summed E-state index contributed by atoms with van der Waals surface area (Å²) in [5.41, 5.74) is 3.06. The first-order valence-corrected chi connectivity index (χ1v) is 5.14. The van der Waals surface area contributed by atoms with E-state index in [1.807, 2.05) is 39.0 Å². The molecular weight excluding hydrogens is 190 g/mol. The van der Waals surface area contributed by atoms with Crippen LogP contribution in [0.4, 0.5) is 10.5 Å². The van der Waals surface area contributed by atoms with Crippen molar-refractivity contribution in [2.75, 3.05) is 11.4 Å². The number of carboxylic acid groups (broad SMARTS) is 1. The fraction of sp³-hybridized carbons (Fsp3) is 0.417. The zero-order valence-corrected chi connectivity index (χ0v) is 9.45. The molecule has 0 aliphatic rings. The summed E-state index contributed by atoms with van der Waals surface area (Å²) in [5.74, 6) is 0. The molecule has 0 aliphatic carbocycles. The molecule has 1 aromatic rings. The molecule has 0 spiro atoms. The summed E-state index contributed by atoms with van der Waals surface area (Å²) >= 11 is 0. The van der Waals surface area contributed by atoms with Gasteiger partial charge in [-0.2, -0.15) is 0 Å². The minimum Gasteiger partial charge on any atom is -0.465 e. The van der Waals surface area contributed by atoms with E-state index >= 15 is 0 Å². The van der Waals surface area contributed by atoms with Gasteiger partial charge in [0.15, 0.2) is 0 Å². The summed E-state index contributed by atoms with van der Waals surface area (Å²) < 4.78 is 0. The van der Waals surface area contributed by atoms with E-state index in [1.165, 1.54) is 10.5 Å². The molecule has 0 bridgehead atoms. The van der Waals surface area contributed by atoms with Gasteiger partial charge in [0.1, 0.15) is 0 Å². The van der Waals surface area contributed by atoms with Gasteiger partial charge in [-0.15, -0.1) is 0 Å². The lowest BCUT2D eigenvalue weighted by Crippen LogP contribution is -2.29. The van der Waals surface area contributed by atoms with Gasteiger partial charge in [-0.1, -0.05) is 13.0 Å². The SMILES string of the molecule is CCCN(C(=O)O)c1ccc(C)c(C)c1. The minimum absolute atomic E-state index is 0.540. The van der Waals surface area contributed by atoms with Gasteiger partial charge in [0.2, 0.25) is 0 Å². The highest BCUT2D eigenvalue weighted by Crippen LogP contribution is 2.19. The molecule has 0 saturated carbocycles. The molecule has 1 amide bonds. The van der Waals surface area contributed by atoms with Gasteiger partial charge in [0.05, 0.1) is 0 Å². The fourth-order valence-electron chi connectivity index (χ4n) is 1.45. The van der Waals surface area contributed by atoms with Crippen LogP contribution in [0, 0.1) is 13.8 Å². The number of hydrogen-bond donors (Lipinski definition) is 1. The molecule has 0 aliphatic heterocycles. The number of aryl methyl sites for hydroxylation is 2. The number of benzene rings is 1. The van der Waals surface area contributed by atoms with Crippen molar-refractivity contribution in [1.29, 1.82) is 0 Å². The molecule has 0 radical (unpaired) electrons. The third-order valence-electron chi connectivity index (χ3n) is 2.48. The molecule has 82 valence electrons. The fourth-order valence-corrected chi connectivity index (χ4v) is 1.45. The predicted octanol–water partition coefficient (Wildman–Crippen LogP) is 3.20. The maximum Gasteiger partial charge on any atom is 0.411 e. The molecule has 0 fully saturated rings. The quantitative estimate of drug-likeness (QED) is 0.826. The Kier molecular flexibility index (Phi) is 3.72. The predicted molar refractivity (Wildman–Crippen MR) is 61.6 cm³/mol. The summed E-state index contributed by atoms with van der Waals surface area (Å²) in [7, 11) is 0. The molecule has 0 unspecified atom stereocenters.